The fraction of sp³-hybridized carbons (Fsp3) is 0. The van der Waals surface area contributed by atoms with Gasteiger partial charge in [0.25, 0.3) is 0 Å². The maximum absolute atomic E-state index is 5.61. The summed E-state index contributed by atoms with van der Waals surface area (Å²) in [6, 6.07) is 9.61. The lowest BCUT2D eigenvalue weighted by molar-refractivity contribution is 1.05. The Morgan fingerprint density at radius 2 is 1.86 bits per heavy atom. The molecule has 2 rings (SSSR count). The van der Waals surface area contributed by atoms with Crippen LogP contribution in [-0.4, -0.2) is 15.0 Å². The van der Waals surface area contributed by atoms with Crippen molar-refractivity contribution < 1.29 is 0 Å². The molecule has 0 atom stereocenters. The van der Waals surface area contributed by atoms with Crippen LogP contribution in [0.15, 0.2) is 36.7 Å². The molecule has 0 saturated heterocycles. The normalized spacial score (nSPS) is 9.79. The van der Waals surface area contributed by atoms with Crippen molar-refractivity contribution in [2.45, 2.75) is 0 Å². The van der Waals surface area contributed by atoms with E-state index in [1.807, 2.05) is 30.3 Å². The van der Waals surface area contributed by atoms with Crippen LogP contribution in [0.1, 0.15) is 0 Å². The Labute approximate surface area is 86.0 Å². The quantitative estimate of drug-likeness (QED) is 0.819. The first-order valence-electron chi connectivity index (χ1n) is 4.01. The summed E-state index contributed by atoms with van der Waals surface area (Å²) in [7, 11) is 0. The van der Waals surface area contributed by atoms with Crippen molar-refractivity contribution in [1.82, 2.24) is 15.0 Å². The predicted molar refractivity (Wildman–Crippen MR) is 54.6 cm³/mol. The summed E-state index contributed by atoms with van der Waals surface area (Å²) < 4.78 is 0. The number of para-hydroxylation sites is 1. The van der Waals surface area contributed by atoms with Crippen LogP contribution in [0, 0.1) is 0 Å². The Kier molecular flexibility index (Phi) is 2.55. The maximum Gasteiger partial charge on any atom is 0.231 e. The lowest BCUT2D eigenvalue weighted by Crippen LogP contribution is -1.97. The van der Waals surface area contributed by atoms with Gasteiger partial charge in [-0.05, 0) is 23.7 Å². The smallest absolute Gasteiger partial charge is 0.231 e. The highest BCUT2D eigenvalue weighted by Gasteiger charge is 1.97. The molecule has 0 fully saturated rings. The third-order valence-electron chi connectivity index (χ3n) is 1.57. The Morgan fingerprint density at radius 3 is 2.57 bits per heavy atom. The summed E-state index contributed by atoms with van der Waals surface area (Å²) in [5.41, 5.74) is 0.912. The Bertz CT molecular complexity index is 418. The molecule has 2 aromatic rings. The number of nitrogens with one attached hydrogen (secondary N) is 1. The van der Waals surface area contributed by atoms with E-state index in [0.717, 1.165) is 5.69 Å². The molecule has 4 nitrogen and oxygen atoms in total. The molecule has 5 heteroatoms. The molecule has 0 bridgehead atoms. The molecule has 0 saturated carbocycles. The molecular formula is C9H7ClN4. The number of aromatic nitrogens is 3. The third-order valence-corrected chi connectivity index (χ3v) is 1.75. The van der Waals surface area contributed by atoms with Crippen LogP contribution in [0.25, 0.3) is 0 Å². The zero-order valence-electron chi connectivity index (χ0n) is 7.18. The first-order valence-corrected chi connectivity index (χ1v) is 4.39. The van der Waals surface area contributed by atoms with Crippen LogP contribution < -0.4 is 5.32 Å². The average Bonchev–Trinajstić information content (AvgIpc) is 2.19. The van der Waals surface area contributed by atoms with Gasteiger partial charge in [0, 0.05) is 5.69 Å². The van der Waals surface area contributed by atoms with Gasteiger partial charge in [-0.1, -0.05) is 18.2 Å². The van der Waals surface area contributed by atoms with E-state index in [9.17, 15) is 0 Å². The highest BCUT2D eigenvalue weighted by Crippen LogP contribution is 2.11. The van der Waals surface area contributed by atoms with Crippen molar-refractivity contribution >= 4 is 23.2 Å². The number of nitrogens with zero attached hydrogens (tertiary/aromatic N) is 3. The molecule has 0 aliphatic rings. The SMILES string of the molecule is Clc1ncnc(Nc2ccccc2)n1. The number of benzene rings is 1. The van der Waals surface area contributed by atoms with Crippen LogP contribution in [0.5, 0.6) is 0 Å². The van der Waals surface area contributed by atoms with E-state index in [1.54, 1.807) is 0 Å². The Hall–Kier alpha value is -1.68. The number of hydrogen-bond donors (Lipinski definition) is 1. The third kappa shape index (κ3) is 2.17. The summed E-state index contributed by atoms with van der Waals surface area (Å²) in [5.74, 6) is 0.441. The van der Waals surface area contributed by atoms with Crippen molar-refractivity contribution in [3.8, 4) is 0 Å². The van der Waals surface area contributed by atoms with Crippen molar-refractivity contribution in [3.05, 3.63) is 41.9 Å². The van der Waals surface area contributed by atoms with Gasteiger partial charge in [-0.25, -0.2) is 9.97 Å². The van der Waals surface area contributed by atoms with Gasteiger partial charge in [0.2, 0.25) is 11.2 Å². The Morgan fingerprint density at radius 1 is 1.07 bits per heavy atom. The molecule has 0 radical (unpaired) electrons. The van der Waals surface area contributed by atoms with Crippen LogP contribution >= 0.6 is 11.6 Å². The van der Waals surface area contributed by atoms with Gasteiger partial charge in [-0.15, -0.1) is 0 Å². The minimum atomic E-state index is 0.179. The van der Waals surface area contributed by atoms with Gasteiger partial charge < -0.3 is 5.32 Å². The van der Waals surface area contributed by atoms with E-state index in [-0.39, 0.29) is 5.28 Å². The van der Waals surface area contributed by atoms with Gasteiger partial charge in [-0.3, -0.25) is 0 Å². The van der Waals surface area contributed by atoms with Crippen LogP contribution in [0.3, 0.4) is 0 Å². The second-order valence-electron chi connectivity index (χ2n) is 2.57. The van der Waals surface area contributed by atoms with E-state index in [4.69, 9.17) is 11.6 Å². The molecule has 70 valence electrons. The summed E-state index contributed by atoms with van der Waals surface area (Å²) in [6.07, 6.45) is 1.36. The van der Waals surface area contributed by atoms with Crippen molar-refractivity contribution in [1.29, 1.82) is 0 Å². The zero-order chi connectivity index (χ0) is 9.80. The predicted octanol–water partition coefficient (Wildman–Crippen LogP) is 2.27. The van der Waals surface area contributed by atoms with E-state index < -0.39 is 0 Å². The standard InChI is InChI=1S/C9H7ClN4/c10-8-11-6-12-9(14-8)13-7-4-2-1-3-5-7/h1-6H,(H,11,12,13,14). The summed E-state index contributed by atoms with van der Waals surface area (Å²) in [6.45, 7) is 0. The number of halogens is 1. The maximum atomic E-state index is 5.61. The first kappa shape index (κ1) is 8.90. The average molecular weight is 207 g/mol. The largest absolute Gasteiger partial charge is 0.324 e. The molecule has 0 spiro atoms. The van der Waals surface area contributed by atoms with Gasteiger partial charge in [0.15, 0.2) is 0 Å². The number of hydrogen-bond acceptors (Lipinski definition) is 4. The van der Waals surface area contributed by atoms with Crippen molar-refractivity contribution in [2.75, 3.05) is 5.32 Å². The Balaban J connectivity index is 2.19. The zero-order valence-corrected chi connectivity index (χ0v) is 7.94. The number of anilines is 2. The molecule has 0 aliphatic carbocycles. The van der Waals surface area contributed by atoms with E-state index >= 15 is 0 Å². The lowest BCUT2D eigenvalue weighted by Gasteiger charge is -2.02. The fourth-order valence-electron chi connectivity index (χ4n) is 0.987. The van der Waals surface area contributed by atoms with Crippen LogP contribution in [0.4, 0.5) is 11.6 Å². The van der Waals surface area contributed by atoms with Gasteiger partial charge in [0.05, 0.1) is 0 Å². The molecule has 0 unspecified atom stereocenters. The van der Waals surface area contributed by atoms with Crippen molar-refractivity contribution in [3.63, 3.8) is 0 Å². The van der Waals surface area contributed by atoms with E-state index in [1.165, 1.54) is 6.33 Å². The topological polar surface area (TPSA) is 50.7 Å². The lowest BCUT2D eigenvalue weighted by atomic mass is 10.3. The summed E-state index contributed by atoms with van der Waals surface area (Å²) in [4.78, 5) is 11.5. The minimum absolute atomic E-state index is 0.179. The summed E-state index contributed by atoms with van der Waals surface area (Å²) >= 11 is 5.61. The second-order valence-corrected chi connectivity index (χ2v) is 2.91. The van der Waals surface area contributed by atoms with E-state index in [2.05, 4.69) is 20.3 Å². The van der Waals surface area contributed by atoms with Gasteiger partial charge >= 0.3 is 0 Å². The second kappa shape index (κ2) is 4.02. The molecule has 1 heterocycles. The van der Waals surface area contributed by atoms with Gasteiger partial charge in [0.1, 0.15) is 6.33 Å². The fourth-order valence-corrected chi connectivity index (χ4v) is 1.11. The summed E-state index contributed by atoms with van der Waals surface area (Å²) in [5, 5.41) is 3.18. The number of rotatable bonds is 2. The van der Waals surface area contributed by atoms with Gasteiger partial charge in [-0.2, -0.15) is 4.98 Å². The molecule has 1 N–H and O–H groups in total. The first-order chi connectivity index (χ1) is 6.84. The van der Waals surface area contributed by atoms with Crippen LogP contribution in [0.2, 0.25) is 5.28 Å². The molecule has 1 aromatic carbocycles. The molecule has 0 aliphatic heterocycles. The highest BCUT2D eigenvalue weighted by atomic mass is 35.5. The van der Waals surface area contributed by atoms with Crippen LogP contribution in [-0.2, 0) is 0 Å². The van der Waals surface area contributed by atoms with E-state index in [0.29, 0.717) is 5.95 Å². The molecule has 0 amide bonds. The molecular weight excluding hydrogens is 200 g/mol. The molecule has 1 aromatic heterocycles. The monoisotopic (exact) mass is 206 g/mol. The van der Waals surface area contributed by atoms with Crippen molar-refractivity contribution in [2.24, 2.45) is 0 Å². The highest BCUT2D eigenvalue weighted by molar-refractivity contribution is 6.28. The minimum Gasteiger partial charge on any atom is -0.324 e. The molecule has 14 heavy (non-hydrogen) atoms.